The van der Waals surface area contributed by atoms with Crippen LogP contribution in [0.25, 0.3) is 10.9 Å². The first-order valence-electron chi connectivity index (χ1n) is 8.24. The molecule has 1 saturated heterocycles. The van der Waals surface area contributed by atoms with Gasteiger partial charge in [0.05, 0.1) is 0 Å². The number of hydrogen-bond acceptors (Lipinski definition) is 3. The number of thiophene rings is 1. The van der Waals surface area contributed by atoms with E-state index in [0.29, 0.717) is 17.3 Å². The van der Waals surface area contributed by atoms with Gasteiger partial charge in [-0.25, -0.2) is 8.42 Å². The van der Waals surface area contributed by atoms with Crippen LogP contribution in [0.4, 0.5) is 0 Å². The summed E-state index contributed by atoms with van der Waals surface area (Å²) >= 11 is 1.39. The number of fused-ring (bicyclic) bond motifs is 1. The lowest BCUT2D eigenvalue weighted by molar-refractivity contribution is 0.475. The van der Waals surface area contributed by atoms with Gasteiger partial charge in [0.25, 0.3) is 10.0 Å². The lowest BCUT2D eigenvalue weighted by atomic mass is 9.98. The summed E-state index contributed by atoms with van der Waals surface area (Å²) in [4.78, 5) is 4.41. The summed E-state index contributed by atoms with van der Waals surface area (Å²) in [5.74, 6) is 0.251. The number of para-hydroxylation sites is 1. The van der Waals surface area contributed by atoms with Gasteiger partial charge in [-0.05, 0) is 36.6 Å². The fraction of sp³-hybridized carbons (Fsp3) is 0.333. The van der Waals surface area contributed by atoms with E-state index in [1.807, 2.05) is 31.3 Å². The van der Waals surface area contributed by atoms with Gasteiger partial charge < -0.3 is 4.98 Å². The number of nitrogens with one attached hydrogen (secondary N) is 1. The van der Waals surface area contributed by atoms with Crippen LogP contribution in [-0.4, -0.2) is 30.8 Å². The van der Waals surface area contributed by atoms with Crippen molar-refractivity contribution in [2.75, 3.05) is 13.1 Å². The third-order valence-electron chi connectivity index (χ3n) is 4.79. The highest BCUT2D eigenvalue weighted by atomic mass is 32.2. The molecule has 4 nitrogen and oxygen atoms in total. The topological polar surface area (TPSA) is 53.2 Å². The van der Waals surface area contributed by atoms with Crippen LogP contribution in [0.5, 0.6) is 0 Å². The molecule has 0 amide bonds. The van der Waals surface area contributed by atoms with Crippen LogP contribution in [0.3, 0.4) is 0 Å². The fourth-order valence-corrected chi connectivity index (χ4v) is 6.40. The van der Waals surface area contributed by atoms with E-state index >= 15 is 0 Å². The zero-order chi connectivity index (χ0) is 16.7. The molecule has 2 aromatic heterocycles. The predicted molar refractivity (Wildman–Crippen MR) is 98.1 cm³/mol. The minimum atomic E-state index is -3.36. The summed E-state index contributed by atoms with van der Waals surface area (Å²) in [7, 11) is -3.36. The van der Waals surface area contributed by atoms with Crippen molar-refractivity contribution >= 4 is 32.3 Å². The normalized spacial score (nSPS) is 19.3. The van der Waals surface area contributed by atoms with Gasteiger partial charge in [-0.1, -0.05) is 25.1 Å². The summed E-state index contributed by atoms with van der Waals surface area (Å²) in [5, 5.41) is 1.20. The van der Waals surface area contributed by atoms with E-state index in [1.165, 1.54) is 22.3 Å². The average Bonchev–Trinajstić information content (AvgIpc) is 3.32. The molecule has 0 radical (unpaired) electrons. The molecule has 0 saturated carbocycles. The van der Waals surface area contributed by atoms with Crippen molar-refractivity contribution in [2.45, 2.75) is 29.9 Å². The van der Waals surface area contributed by atoms with E-state index in [0.717, 1.165) is 23.2 Å². The zero-order valence-corrected chi connectivity index (χ0v) is 15.2. The monoisotopic (exact) mass is 360 g/mol. The Morgan fingerprint density at radius 2 is 2.08 bits per heavy atom. The first-order chi connectivity index (χ1) is 11.6. The molecule has 3 aromatic rings. The van der Waals surface area contributed by atoms with Crippen molar-refractivity contribution < 1.29 is 8.42 Å². The van der Waals surface area contributed by atoms with E-state index in [2.05, 4.69) is 17.1 Å². The summed E-state index contributed by atoms with van der Waals surface area (Å²) in [5.41, 5.74) is 2.34. The molecule has 0 spiro atoms. The maximum absolute atomic E-state index is 12.9. The van der Waals surface area contributed by atoms with E-state index < -0.39 is 10.0 Å². The molecule has 4 rings (SSSR count). The van der Waals surface area contributed by atoms with Gasteiger partial charge in [-0.3, -0.25) is 0 Å². The Hall–Kier alpha value is -1.63. The molecule has 126 valence electrons. The smallest absolute Gasteiger partial charge is 0.252 e. The Labute approximate surface area is 146 Å². The van der Waals surface area contributed by atoms with Gasteiger partial charge >= 0.3 is 0 Å². The summed E-state index contributed by atoms with van der Waals surface area (Å²) in [6.07, 6.45) is 3.77. The predicted octanol–water partition coefficient (Wildman–Crippen LogP) is 3.97. The Kier molecular flexibility index (Phi) is 3.98. The molecule has 6 heteroatoms. The van der Waals surface area contributed by atoms with Crippen LogP contribution in [-0.2, 0) is 16.4 Å². The molecule has 1 aliphatic heterocycles. The van der Waals surface area contributed by atoms with Crippen LogP contribution in [0.1, 0.15) is 29.7 Å². The molecule has 1 atom stereocenters. The standard InChI is InChI=1S/C18H20N2O2S2/c1-2-14-7-8-18(23-14)24(21,22)20-10-9-13(12-20)16-11-19-17-6-4-3-5-15(16)17/h3-8,11,13,19H,2,9-10,12H2,1H3. The number of benzene rings is 1. The number of aromatic amines is 1. The second-order valence-corrected chi connectivity index (χ2v) is 9.55. The Balaban J connectivity index is 1.60. The quantitative estimate of drug-likeness (QED) is 0.765. The average molecular weight is 361 g/mol. The maximum Gasteiger partial charge on any atom is 0.252 e. The number of aryl methyl sites for hydroxylation is 1. The molecule has 24 heavy (non-hydrogen) atoms. The maximum atomic E-state index is 12.9. The van der Waals surface area contributed by atoms with E-state index in [-0.39, 0.29) is 5.92 Å². The van der Waals surface area contributed by atoms with Crippen LogP contribution >= 0.6 is 11.3 Å². The van der Waals surface area contributed by atoms with Crippen molar-refractivity contribution in [3.05, 3.63) is 53.0 Å². The highest BCUT2D eigenvalue weighted by Gasteiger charge is 2.34. The third kappa shape index (κ3) is 2.59. The lowest BCUT2D eigenvalue weighted by Crippen LogP contribution is -2.28. The Bertz CT molecular complexity index is 972. The number of sulfonamides is 1. The summed E-state index contributed by atoms with van der Waals surface area (Å²) in [6.45, 7) is 3.19. The minimum absolute atomic E-state index is 0.251. The van der Waals surface area contributed by atoms with Crippen LogP contribution < -0.4 is 0 Å². The molecule has 0 aliphatic carbocycles. The molecular weight excluding hydrogens is 340 g/mol. The molecule has 1 aromatic carbocycles. The number of rotatable bonds is 4. The Morgan fingerprint density at radius 1 is 1.25 bits per heavy atom. The fourth-order valence-electron chi connectivity index (χ4n) is 3.45. The molecular formula is C18H20N2O2S2. The molecule has 1 aliphatic rings. The largest absolute Gasteiger partial charge is 0.361 e. The van der Waals surface area contributed by atoms with Gasteiger partial charge in [0.2, 0.25) is 0 Å². The summed E-state index contributed by atoms with van der Waals surface area (Å²) in [6, 6.07) is 11.9. The molecule has 3 heterocycles. The number of aromatic nitrogens is 1. The number of nitrogens with zero attached hydrogens (tertiary/aromatic N) is 1. The van der Waals surface area contributed by atoms with Gasteiger partial charge in [-0.2, -0.15) is 4.31 Å². The van der Waals surface area contributed by atoms with E-state index in [9.17, 15) is 8.42 Å². The van der Waals surface area contributed by atoms with Crippen LogP contribution in [0.2, 0.25) is 0 Å². The van der Waals surface area contributed by atoms with Gasteiger partial charge in [0.1, 0.15) is 4.21 Å². The van der Waals surface area contributed by atoms with Crippen LogP contribution in [0.15, 0.2) is 46.8 Å². The van der Waals surface area contributed by atoms with Gasteiger partial charge in [0.15, 0.2) is 0 Å². The van der Waals surface area contributed by atoms with Crippen molar-refractivity contribution in [1.82, 2.24) is 9.29 Å². The first-order valence-corrected chi connectivity index (χ1v) is 10.5. The lowest BCUT2D eigenvalue weighted by Gasteiger charge is -2.15. The highest BCUT2D eigenvalue weighted by Crippen LogP contribution is 2.36. The van der Waals surface area contributed by atoms with Crippen LogP contribution in [0, 0.1) is 0 Å². The molecule has 1 unspecified atom stereocenters. The summed E-state index contributed by atoms with van der Waals surface area (Å²) < 4.78 is 27.9. The number of H-pyrrole nitrogens is 1. The third-order valence-corrected chi connectivity index (χ3v) is 8.35. The van der Waals surface area contributed by atoms with E-state index in [4.69, 9.17) is 0 Å². The second-order valence-electron chi connectivity index (χ2n) is 6.21. The SMILES string of the molecule is CCc1ccc(S(=O)(=O)N2CCC(c3c[nH]c4ccccc34)C2)s1. The van der Waals surface area contributed by atoms with Gasteiger partial charge in [0, 0.05) is 41.0 Å². The minimum Gasteiger partial charge on any atom is -0.361 e. The zero-order valence-electron chi connectivity index (χ0n) is 13.5. The van der Waals surface area contributed by atoms with Crippen molar-refractivity contribution in [2.24, 2.45) is 0 Å². The first kappa shape index (κ1) is 15.9. The van der Waals surface area contributed by atoms with Crippen molar-refractivity contribution in [1.29, 1.82) is 0 Å². The molecule has 0 bridgehead atoms. The molecule has 1 N–H and O–H groups in total. The highest BCUT2D eigenvalue weighted by molar-refractivity contribution is 7.91. The second kappa shape index (κ2) is 6.02. The van der Waals surface area contributed by atoms with Crippen molar-refractivity contribution in [3.63, 3.8) is 0 Å². The van der Waals surface area contributed by atoms with Crippen molar-refractivity contribution in [3.8, 4) is 0 Å². The van der Waals surface area contributed by atoms with E-state index in [1.54, 1.807) is 10.4 Å². The Morgan fingerprint density at radius 3 is 2.88 bits per heavy atom. The number of hydrogen-bond donors (Lipinski definition) is 1. The van der Waals surface area contributed by atoms with Gasteiger partial charge in [-0.15, -0.1) is 11.3 Å². The molecule has 1 fully saturated rings.